The average Bonchev–Trinajstić information content (AvgIpc) is 2.67. The van der Waals surface area contributed by atoms with Crippen molar-refractivity contribution in [3.63, 3.8) is 0 Å². The van der Waals surface area contributed by atoms with Crippen LogP contribution in [0.25, 0.3) is 0 Å². The highest BCUT2D eigenvalue weighted by Crippen LogP contribution is 2.24. The van der Waals surface area contributed by atoms with E-state index >= 15 is 0 Å². The van der Waals surface area contributed by atoms with Crippen molar-refractivity contribution >= 4 is 5.91 Å². The van der Waals surface area contributed by atoms with E-state index in [4.69, 9.17) is 0 Å². The molecule has 5 nitrogen and oxygen atoms in total. The van der Waals surface area contributed by atoms with Crippen molar-refractivity contribution in [2.45, 2.75) is 31.9 Å². The molecule has 1 atom stereocenters. The normalized spacial score (nSPS) is 21.8. The Kier molecular flexibility index (Phi) is 3.51. The van der Waals surface area contributed by atoms with E-state index in [1.54, 1.807) is 19.2 Å². The first kappa shape index (κ1) is 12.8. The molecule has 7 heteroatoms. The number of amides is 1. The number of aromatic nitrogens is 2. The number of hydrogen-bond donors (Lipinski definition) is 2. The van der Waals surface area contributed by atoms with Crippen LogP contribution >= 0.6 is 0 Å². The molecular formula is C11H14F2N4O. The Morgan fingerprint density at radius 1 is 1.67 bits per heavy atom. The first-order valence-electron chi connectivity index (χ1n) is 5.64. The van der Waals surface area contributed by atoms with Gasteiger partial charge in [0.25, 0.3) is 5.92 Å². The van der Waals surface area contributed by atoms with Gasteiger partial charge in [0.2, 0.25) is 5.91 Å². The van der Waals surface area contributed by atoms with Gasteiger partial charge in [-0.25, -0.2) is 18.7 Å². The third-order valence-corrected chi connectivity index (χ3v) is 2.70. The lowest BCUT2D eigenvalue weighted by Gasteiger charge is -2.10. The van der Waals surface area contributed by atoms with Crippen LogP contribution in [0.5, 0.6) is 0 Å². The SMILES string of the molecule is Cc1nccc(CNC(=O)C2CC(F)(F)CN2)n1. The van der Waals surface area contributed by atoms with Crippen LogP contribution in [0.3, 0.4) is 0 Å². The smallest absolute Gasteiger partial charge is 0.262 e. The quantitative estimate of drug-likeness (QED) is 0.821. The molecule has 0 saturated carbocycles. The maximum Gasteiger partial charge on any atom is 0.262 e. The Morgan fingerprint density at radius 2 is 2.44 bits per heavy atom. The summed E-state index contributed by atoms with van der Waals surface area (Å²) in [6, 6.07) is 0.840. The predicted molar refractivity (Wildman–Crippen MR) is 60.0 cm³/mol. The minimum atomic E-state index is -2.80. The second kappa shape index (κ2) is 4.93. The van der Waals surface area contributed by atoms with E-state index in [1.165, 1.54) is 0 Å². The number of hydrogen-bond acceptors (Lipinski definition) is 4. The number of nitrogens with zero attached hydrogens (tertiary/aromatic N) is 2. The van der Waals surface area contributed by atoms with Crippen LogP contribution in [0.1, 0.15) is 17.9 Å². The summed E-state index contributed by atoms with van der Waals surface area (Å²) in [5.41, 5.74) is 0.653. The van der Waals surface area contributed by atoms with Crippen LogP contribution in [0, 0.1) is 6.92 Å². The predicted octanol–water partition coefficient (Wildman–Crippen LogP) is 0.398. The maximum atomic E-state index is 12.9. The molecule has 2 rings (SSSR count). The van der Waals surface area contributed by atoms with Gasteiger partial charge in [0.05, 0.1) is 24.8 Å². The number of alkyl halides is 2. The van der Waals surface area contributed by atoms with Gasteiger partial charge in [0, 0.05) is 12.6 Å². The molecule has 0 radical (unpaired) electrons. The standard InChI is InChI=1S/C11H14F2N4O/c1-7-14-3-2-8(17-7)5-15-10(18)9-4-11(12,13)6-16-9/h2-3,9,16H,4-6H2,1H3,(H,15,18). The summed E-state index contributed by atoms with van der Waals surface area (Å²) in [6.45, 7) is 1.51. The molecular weight excluding hydrogens is 242 g/mol. The van der Waals surface area contributed by atoms with E-state index in [0.717, 1.165) is 0 Å². The highest BCUT2D eigenvalue weighted by Gasteiger charge is 2.42. The van der Waals surface area contributed by atoms with E-state index < -0.39 is 30.8 Å². The summed E-state index contributed by atoms with van der Waals surface area (Å²) < 4.78 is 25.8. The van der Waals surface area contributed by atoms with Gasteiger partial charge in [-0.15, -0.1) is 0 Å². The topological polar surface area (TPSA) is 66.9 Å². The van der Waals surface area contributed by atoms with Crippen molar-refractivity contribution in [3.05, 3.63) is 23.8 Å². The summed E-state index contributed by atoms with van der Waals surface area (Å²) in [7, 11) is 0. The van der Waals surface area contributed by atoms with Crippen LogP contribution in [-0.2, 0) is 11.3 Å². The molecule has 18 heavy (non-hydrogen) atoms. The fourth-order valence-corrected chi connectivity index (χ4v) is 1.81. The van der Waals surface area contributed by atoms with E-state index in [9.17, 15) is 13.6 Å². The summed E-state index contributed by atoms with van der Waals surface area (Å²) >= 11 is 0. The number of halogens is 2. The molecule has 1 aliphatic heterocycles. The number of aryl methyl sites for hydroxylation is 1. The molecule has 2 heterocycles. The molecule has 1 fully saturated rings. The third-order valence-electron chi connectivity index (χ3n) is 2.70. The van der Waals surface area contributed by atoms with Crippen molar-refractivity contribution in [3.8, 4) is 0 Å². The monoisotopic (exact) mass is 256 g/mol. The maximum absolute atomic E-state index is 12.9. The van der Waals surface area contributed by atoms with Gasteiger partial charge in [-0.05, 0) is 13.0 Å². The summed E-state index contributed by atoms with van der Waals surface area (Å²) in [4.78, 5) is 19.7. The molecule has 1 amide bonds. The Hall–Kier alpha value is -1.63. The lowest BCUT2D eigenvalue weighted by Crippen LogP contribution is -2.40. The number of rotatable bonds is 3. The Balaban J connectivity index is 1.86. The van der Waals surface area contributed by atoms with Gasteiger partial charge in [-0.1, -0.05) is 0 Å². The lowest BCUT2D eigenvalue weighted by molar-refractivity contribution is -0.123. The third kappa shape index (κ3) is 3.19. The Bertz CT molecular complexity index is 452. The Morgan fingerprint density at radius 3 is 3.06 bits per heavy atom. The fourth-order valence-electron chi connectivity index (χ4n) is 1.81. The molecule has 1 aliphatic rings. The van der Waals surface area contributed by atoms with Gasteiger partial charge in [-0.3, -0.25) is 10.1 Å². The van der Waals surface area contributed by atoms with Crippen LogP contribution < -0.4 is 10.6 Å². The van der Waals surface area contributed by atoms with Gasteiger partial charge < -0.3 is 5.32 Å². The molecule has 98 valence electrons. The first-order chi connectivity index (χ1) is 8.46. The molecule has 0 bridgehead atoms. The molecule has 1 saturated heterocycles. The van der Waals surface area contributed by atoms with Crippen LogP contribution in [0.15, 0.2) is 12.3 Å². The van der Waals surface area contributed by atoms with Gasteiger partial charge in [0.15, 0.2) is 0 Å². The molecule has 2 N–H and O–H groups in total. The molecule has 1 aromatic rings. The Labute approximate surface area is 103 Å². The van der Waals surface area contributed by atoms with Gasteiger partial charge in [-0.2, -0.15) is 0 Å². The molecule has 0 spiro atoms. The largest absolute Gasteiger partial charge is 0.349 e. The zero-order chi connectivity index (χ0) is 13.2. The molecule has 0 aliphatic carbocycles. The first-order valence-corrected chi connectivity index (χ1v) is 5.64. The van der Waals surface area contributed by atoms with E-state index in [-0.39, 0.29) is 6.54 Å². The van der Waals surface area contributed by atoms with Gasteiger partial charge in [0.1, 0.15) is 5.82 Å². The van der Waals surface area contributed by atoms with Crippen molar-refractivity contribution in [1.82, 2.24) is 20.6 Å². The van der Waals surface area contributed by atoms with E-state index in [2.05, 4.69) is 20.6 Å². The number of nitrogens with one attached hydrogen (secondary N) is 2. The number of carbonyl (C=O) groups is 1. The molecule has 0 aromatic carbocycles. The summed E-state index contributed by atoms with van der Waals surface area (Å²) in [5, 5.41) is 5.08. The van der Waals surface area contributed by atoms with E-state index in [0.29, 0.717) is 11.5 Å². The highest BCUT2D eigenvalue weighted by atomic mass is 19.3. The zero-order valence-corrected chi connectivity index (χ0v) is 9.91. The summed E-state index contributed by atoms with van der Waals surface area (Å²) in [5.74, 6) is -2.62. The van der Waals surface area contributed by atoms with Crippen molar-refractivity contribution in [2.24, 2.45) is 0 Å². The molecule has 1 aromatic heterocycles. The van der Waals surface area contributed by atoms with Gasteiger partial charge >= 0.3 is 0 Å². The minimum Gasteiger partial charge on any atom is -0.349 e. The van der Waals surface area contributed by atoms with Crippen molar-refractivity contribution in [1.29, 1.82) is 0 Å². The average molecular weight is 256 g/mol. The fraction of sp³-hybridized carbons (Fsp3) is 0.545. The summed E-state index contributed by atoms with van der Waals surface area (Å²) in [6.07, 6.45) is 1.13. The zero-order valence-electron chi connectivity index (χ0n) is 9.91. The number of carbonyl (C=O) groups excluding carboxylic acids is 1. The minimum absolute atomic E-state index is 0.214. The molecule has 1 unspecified atom stereocenters. The van der Waals surface area contributed by atoms with Crippen LogP contribution in [0.4, 0.5) is 8.78 Å². The lowest BCUT2D eigenvalue weighted by atomic mass is 10.2. The van der Waals surface area contributed by atoms with Crippen LogP contribution in [0.2, 0.25) is 0 Å². The second-order valence-electron chi connectivity index (χ2n) is 4.31. The second-order valence-corrected chi connectivity index (χ2v) is 4.31. The van der Waals surface area contributed by atoms with Crippen molar-refractivity contribution < 1.29 is 13.6 Å². The van der Waals surface area contributed by atoms with Crippen molar-refractivity contribution in [2.75, 3.05) is 6.54 Å². The highest BCUT2D eigenvalue weighted by molar-refractivity contribution is 5.82. The van der Waals surface area contributed by atoms with E-state index in [1.807, 2.05) is 0 Å². The van der Waals surface area contributed by atoms with Crippen LogP contribution in [-0.4, -0.2) is 34.4 Å².